The van der Waals surface area contributed by atoms with Gasteiger partial charge in [0, 0.05) is 68.2 Å². The van der Waals surface area contributed by atoms with Crippen molar-refractivity contribution in [2.24, 2.45) is 0 Å². The molecule has 0 spiro atoms. The molecule has 0 bridgehead atoms. The highest BCUT2D eigenvalue weighted by Crippen LogP contribution is 2.42. The molecule has 21 rings (SSSR count). The van der Waals surface area contributed by atoms with E-state index in [0.29, 0.717) is 0 Å². The zero-order chi connectivity index (χ0) is 78.5. The second-order valence-electron chi connectivity index (χ2n) is 28.4. The van der Waals surface area contributed by atoms with Crippen molar-refractivity contribution >= 4 is 112 Å². The molecule has 21 aromatic rings. The van der Waals surface area contributed by atoms with Gasteiger partial charge in [0.1, 0.15) is 44.1 Å². The average molecular weight is 1520 g/mol. The van der Waals surface area contributed by atoms with E-state index in [1.165, 1.54) is 0 Å². The molecular formula is C102H72N16. The maximum absolute atomic E-state index is 4.67. The highest BCUT2D eigenvalue weighted by Gasteiger charge is 2.20. The van der Waals surface area contributed by atoms with E-state index in [0.717, 1.165) is 169 Å². The molecule has 17 aromatic carbocycles. The average Bonchev–Trinajstić information content (AvgIpc) is 1.40. The van der Waals surface area contributed by atoms with E-state index in [1.54, 1.807) is 19.2 Å². The number of anilines is 12. The first-order chi connectivity index (χ1) is 58.4. The number of aromatic nitrogens is 12. The van der Waals surface area contributed by atoms with Gasteiger partial charge in [-0.2, -0.15) is 19.2 Å². The van der Waals surface area contributed by atoms with Crippen molar-refractivity contribution in [3.8, 4) is 56.1 Å². The van der Waals surface area contributed by atoms with E-state index in [9.17, 15) is 0 Å². The summed E-state index contributed by atoms with van der Waals surface area (Å²) < 4.78 is 0. The van der Waals surface area contributed by atoms with Crippen molar-refractivity contribution in [3.63, 3.8) is 0 Å². The van der Waals surface area contributed by atoms with Gasteiger partial charge in [-0.3, -0.25) is 0 Å². The van der Waals surface area contributed by atoms with Crippen molar-refractivity contribution in [1.29, 1.82) is 0 Å². The van der Waals surface area contributed by atoms with Gasteiger partial charge in [0.2, 0.25) is 0 Å². The van der Waals surface area contributed by atoms with Crippen LogP contribution in [0.15, 0.2) is 437 Å². The lowest BCUT2D eigenvalue weighted by Gasteiger charge is -2.26. The van der Waals surface area contributed by atoms with Gasteiger partial charge in [-0.15, -0.1) is 40.8 Å². The van der Waals surface area contributed by atoms with E-state index in [1.807, 2.05) is 121 Å². The fourth-order valence-corrected chi connectivity index (χ4v) is 15.0. The lowest BCUT2D eigenvalue weighted by Crippen LogP contribution is -2.10. The molecule has 0 unspecified atom stereocenters. The van der Waals surface area contributed by atoms with Crippen molar-refractivity contribution < 1.29 is 0 Å². The van der Waals surface area contributed by atoms with Gasteiger partial charge in [0.25, 0.3) is 0 Å². The summed E-state index contributed by atoms with van der Waals surface area (Å²) in [5.74, 6) is 0. The van der Waals surface area contributed by atoms with Crippen molar-refractivity contribution in [2.75, 3.05) is 19.6 Å². The maximum Gasteiger partial charge on any atom is 0.113 e. The predicted octanol–water partition coefficient (Wildman–Crippen LogP) is 25.2. The molecular weight excluding hydrogens is 1450 g/mol. The SMILES string of the molecule is c1ccc(N(c2ccc(-c3ccc(-c4ccc(N(c5ccccc5)c5ccc(-n6nc7ccccc7n6)cc5)cc4)cc3)cc2)c2ccc(-n3nc4ccccc4n3)cc2)cc1.c1ccc(N(c2ccc(-c3ccc(N(c4ccccc4)c4ccc(-n5nc6ccccc6n5)cc4)cc3)cc2)c2ccc(-n3nc4ccccc4n3)cc2)cc1. The van der Waals surface area contributed by atoms with Crippen LogP contribution in [-0.4, -0.2) is 60.0 Å². The Bertz CT molecular complexity index is 6430. The minimum Gasteiger partial charge on any atom is -0.311 e. The lowest BCUT2D eigenvalue weighted by atomic mass is 9.99. The van der Waals surface area contributed by atoms with Crippen LogP contribution in [0.5, 0.6) is 0 Å². The quantitative estimate of drug-likeness (QED) is 0.0762. The molecule has 0 atom stereocenters. The number of hydrogen-bond donors (Lipinski definition) is 0. The van der Waals surface area contributed by atoms with Crippen LogP contribution in [0.2, 0.25) is 0 Å². The Morgan fingerprint density at radius 1 is 0.119 bits per heavy atom. The second-order valence-corrected chi connectivity index (χ2v) is 28.4. The maximum atomic E-state index is 4.67. The predicted molar refractivity (Wildman–Crippen MR) is 478 cm³/mol. The molecule has 0 aliphatic heterocycles. The molecule has 16 nitrogen and oxygen atoms in total. The van der Waals surface area contributed by atoms with E-state index < -0.39 is 0 Å². The van der Waals surface area contributed by atoms with Gasteiger partial charge >= 0.3 is 0 Å². The van der Waals surface area contributed by atoms with E-state index in [2.05, 4.69) is 376 Å². The van der Waals surface area contributed by atoms with Gasteiger partial charge in [-0.05, 0) is 276 Å². The Labute approximate surface area is 680 Å². The fraction of sp³-hybridized carbons (Fsp3) is 0. The summed E-state index contributed by atoms with van der Waals surface area (Å²) in [6.45, 7) is 0. The minimum absolute atomic E-state index is 0.870. The molecule has 0 amide bonds. The molecule has 0 fully saturated rings. The standard InChI is InChI=1S/C54H38N8.C48H34N8/c1-3-11-43(12-4-1)59(47-31-35-49(36-32-47)61-55-51-15-7-8-16-52(51)56-61)45-27-23-41(24-28-45)39-19-21-40(22-20-39)42-25-29-46(30-26-42)60(44-13-5-2-6-14-44)48-33-37-50(38-34-48)62-57-53-17-9-10-18-54(53)58-62;1-3-11-37(12-4-1)53(41-27-31-43(32-28-41)55-49-45-15-7-8-16-46(45)50-55)39-23-19-35(20-24-39)36-21-25-40(26-22-36)54(38-13-5-2-6-14-38)42-29-33-44(34-30-42)56-51-47-17-9-10-18-48(47)52-56/h1-38H;1-34H. The second kappa shape index (κ2) is 31.6. The van der Waals surface area contributed by atoms with Crippen LogP contribution >= 0.6 is 0 Å². The zero-order valence-corrected chi connectivity index (χ0v) is 63.7. The summed E-state index contributed by atoms with van der Waals surface area (Å²) in [4.78, 5) is 15.8. The number of benzene rings is 17. The Kier molecular flexibility index (Phi) is 18.9. The Balaban J connectivity index is 0.000000152. The summed E-state index contributed by atoms with van der Waals surface area (Å²) in [7, 11) is 0. The molecule has 0 radical (unpaired) electrons. The highest BCUT2D eigenvalue weighted by molar-refractivity contribution is 5.86. The first kappa shape index (κ1) is 70.6. The molecule has 0 aliphatic rings. The van der Waals surface area contributed by atoms with Crippen LogP contribution in [0.3, 0.4) is 0 Å². The molecule has 0 saturated heterocycles. The molecule has 0 saturated carbocycles. The van der Waals surface area contributed by atoms with E-state index in [-0.39, 0.29) is 0 Å². The van der Waals surface area contributed by atoms with Crippen LogP contribution in [0.25, 0.3) is 100 Å². The number of rotatable bonds is 19. The molecule has 0 N–H and O–H groups in total. The summed E-state index contributed by atoms with van der Waals surface area (Å²) in [6, 6.07) is 151. The summed E-state index contributed by atoms with van der Waals surface area (Å²) >= 11 is 0. The Morgan fingerprint density at radius 3 is 0.390 bits per heavy atom. The Hall–Kier alpha value is -16.5. The monoisotopic (exact) mass is 1520 g/mol. The zero-order valence-electron chi connectivity index (χ0n) is 63.7. The number of para-hydroxylation sites is 4. The van der Waals surface area contributed by atoms with E-state index in [4.69, 9.17) is 0 Å². The van der Waals surface area contributed by atoms with Crippen molar-refractivity contribution in [3.05, 3.63) is 437 Å². The molecule has 4 heterocycles. The van der Waals surface area contributed by atoms with Gasteiger partial charge in [0.05, 0.1) is 22.7 Å². The summed E-state index contributed by atoms with van der Waals surface area (Å²) in [5, 5.41) is 37.3. The largest absolute Gasteiger partial charge is 0.311 e. The van der Waals surface area contributed by atoms with Crippen molar-refractivity contribution in [1.82, 2.24) is 60.0 Å². The van der Waals surface area contributed by atoms with Gasteiger partial charge < -0.3 is 19.6 Å². The molecule has 118 heavy (non-hydrogen) atoms. The molecule has 16 heteroatoms. The number of fused-ring (bicyclic) bond motifs is 4. The lowest BCUT2D eigenvalue weighted by molar-refractivity contribution is 0.765. The third-order valence-corrected chi connectivity index (χ3v) is 20.9. The minimum atomic E-state index is 0.870. The first-order valence-corrected chi connectivity index (χ1v) is 39.1. The molecule has 0 aliphatic carbocycles. The Morgan fingerprint density at radius 2 is 0.237 bits per heavy atom. The first-order valence-electron chi connectivity index (χ1n) is 39.1. The summed E-state index contributed by atoms with van der Waals surface area (Å²) in [5.41, 5.74) is 30.2. The summed E-state index contributed by atoms with van der Waals surface area (Å²) in [6.07, 6.45) is 0. The topological polar surface area (TPSA) is 136 Å². The number of nitrogens with zero attached hydrogens (tertiary/aromatic N) is 16. The van der Waals surface area contributed by atoms with Crippen LogP contribution in [0.4, 0.5) is 68.2 Å². The normalized spacial score (nSPS) is 11.2. The van der Waals surface area contributed by atoms with Gasteiger partial charge in [-0.1, -0.05) is 194 Å². The smallest absolute Gasteiger partial charge is 0.113 e. The third-order valence-electron chi connectivity index (χ3n) is 20.9. The van der Waals surface area contributed by atoms with Crippen LogP contribution in [0.1, 0.15) is 0 Å². The molecule has 4 aromatic heterocycles. The fourth-order valence-electron chi connectivity index (χ4n) is 15.0. The van der Waals surface area contributed by atoms with Crippen LogP contribution in [-0.2, 0) is 0 Å². The van der Waals surface area contributed by atoms with Gasteiger partial charge in [-0.25, -0.2) is 0 Å². The van der Waals surface area contributed by atoms with Crippen molar-refractivity contribution in [2.45, 2.75) is 0 Å². The molecule has 560 valence electrons. The van der Waals surface area contributed by atoms with Crippen LogP contribution < -0.4 is 19.6 Å². The number of hydrogen-bond acceptors (Lipinski definition) is 12. The van der Waals surface area contributed by atoms with Gasteiger partial charge in [0.15, 0.2) is 0 Å². The van der Waals surface area contributed by atoms with E-state index >= 15 is 0 Å². The van der Waals surface area contributed by atoms with Crippen LogP contribution in [0, 0.1) is 0 Å². The third kappa shape index (κ3) is 14.6. The highest BCUT2D eigenvalue weighted by atomic mass is 15.5.